The standard InChI is InChI=1S/C18H20N2O2/c1-14-5-7-15(8-6-14)17(16-4-2-3-9-19-16)18(21)20-10-12-22-13-11-20/h2-9,17H,10-13H2,1H3. The highest BCUT2D eigenvalue weighted by Gasteiger charge is 2.29. The van der Waals surface area contributed by atoms with Gasteiger partial charge in [0.2, 0.25) is 5.91 Å². The Morgan fingerprint density at radius 2 is 1.86 bits per heavy atom. The molecule has 0 bridgehead atoms. The van der Waals surface area contributed by atoms with Gasteiger partial charge in [-0.1, -0.05) is 35.9 Å². The molecule has 114 valence electrons. The number of ether oxygens (including phenoxy) is 1. The van der Waals surface area contributed by atoms with Crippen molar-refractivity contribution in [2.75, 3.05) is 26.3 Å². The number of hydrogen-bond acceptors (Lipinski definition) is 3. The van der Waals surface area contributed by atoms with Crippen molar-refractivity contribution >= 4 is 5.91 Å². The van der Waals surface area contributed by atoms with Crippen LogP contribution in [0.2, 0.25) is 0 Å². The summed E-state index contributed by atoms with van der Waals surface area (Å²) >= 11 is 0. The van der Waals surface area contributed by atoms with Crippen LogP contribution in [-0.2, 0) is 9.53 Å². The predicted octanol–water partition coefficient (Wildman–Crippen LogP) is 2.38. The molecular weight excluding hydrogens is 276 g/mol. The van der Waals surface area contributed by atoms with E-state index in [0.717, 1.165) is 11.3 Å². The van der Waals surface area contributed by atoms with Crippen molar-refractivity contribution in [3.05, 3.63) is 65.5 Å². The summed E-state index contributed by atoms with van der Waals surface area (Å²) in [6.07, 6.45) is 1.74. The van der Waals surface area contributed by atoms with Crippen LogP contribution in [0.1, 0.15) is 22.7 Å². The second-order valence-corrected chi connectivity index (χ2v) is 5.54. The minimum atomic E-state index is -0.347. The zero-order chi connectivity index (χ0) is 15.4. The maximum absolute atomic E-state index is 13.0. The number of rotatable bonds is 3. The first kappa shape index (κ1) is 14.7. The van der Waals surface area contributed by atoms with Crippen molar-refractivity contribution in [2.24, 2.45) is 0 Å². The Hall–Kier alpha value is -2.20. The van der Waals surface area contributed by atoms with E-state index in [9.17, 15) is 4.79 Å². The van der Waals surface area contributed by atoms with Gasteiger partial charge in [-0.05, 0) is 24.6 Å². The van der Waals surface area contributed by atoms with Crippen LogP contribution >= 0.6 is 0 Å². The molecule has 2 aromatic rings. The first-order valence-corrected chi connectivity index (χ1v) is 7.60. The molecule has 4 heteroatoms. The molecule has 0 spiro atoms. The molecule has 1 saturated heterocycles. The summed E-state index contributed by atoms with van der Waals surface area (Å²) in [6.45, 7) is 4.55. The molecule has 2 heterocycles. The van der Waals surface area contributed by atoms with E-state index in [1.54, 1.807) is 6.20 Å². The van der Waals surface area contributed by atoms with Gasteiger partial charge in [0.1, 0.15) is 5.92 Å². The highest BCUT2D eigenvalue weighted by atomic mass is 16.5. The van der Waals surface area contributed by atoms with E-state index >= 15 is 0 Å². The summed E-state index contributed by atoms with van der Waals surface area (Å²) in [5.41, 5.74) is 2.96. The molecule has 1 aliphatic heterocycles. The fraction of sp³-hybridized carbons (Fsp3) is 0.333. The molecule has 1 aromatic carbocycles. The highest BCUT2D eigenvalue weighted by molar-refractivity contribution is 5.86. The Balaban J connectivity index is 1.95. The summed E-state index contributed by atoms with van der Waals surface area (Å²) in [5.74, 6) is -0.245. The normalized spacial score (nSPS) is 16.3. The van der Waals surface area contributed by atoms with Crippen LogP contribution in [0.3, 0.4) is 0 Å². The van der Waals surface area contributed by atoms with E-state index in [4.69, 9.17) is 4.74 Å². The fourth-order valence-corrected chi connectivity index (χ4v) is 2.71. The van der Waals surface area contributed by atoms with E-state index in [-0.39, 0.29) is 11.8 Å². The predicted molar refractivity (Wildman–Crippen MR) is 84.7 cm³/mol. The zero-order valence-electron chi connectivity index (χ0n) is 12.7. The van der Waals surface area contributed by atoms with Gasteiger partial charge in [0.05, 0.1) is 18.9 Å². The van der Waals surface area contributed by atoms with Crippen molar-refractivity contribution in [3.8, 4) is 0 Å². The molecule has 1 fully saturated rings. The smallest absolute Gasteiger partial charge is 0.236 e. The molecule has 1 aromatic heterocycles. The van der Waals surface area contributed by atoms with Gasteiger partial charge in [-0.15, -0.1) is 0 Å². The number of aryl methyl sites for hydroxylation is 1. The van der Waals surface area contributed by atoms with Crippen LogP contribution in [0.5, 0.6) is 0 Å². The van der Waals surface area contributed by atoms with E-state index in [0.29, 0.717) is 26.3 Å². The first-order chi connectivity index (χ1) is 10.8. The molecule has 0 radical (unpaired) electrons. The maximum Gasteiger partial charge on any atom is 0.236 e. The van der Waals surface area contributed by atoms with Gasteiger partial charge < -0.3 is 9.64 Å². The van der Waals surface area contributed by atoms with Crippen LogP contribution < -0.4 is 0 Å². The Labute approximate surface area is 130 Å². The lowest BCUT2D eigenvalue weighted by Crippen LogP contribution is -2.43. The molecule has 1 atom stereocenters. The third-order valence-electron chi connectivity index (χ3n) is 3.96. The summed E-state index contributed by atoms with van der Waals surface area (Å²) < 4.78 is 5.35. The van der Waals surface area contributed by atoms with Crippen molar-refractivity contribution in [1.29, 1.82) is 0 Å². The minimum Gasteiger partial charge on any atom is -0.378 e. The Bertz CT molecular complexity index is 619. The second kappa shape index (κ2) is 6.71. The van der Waals surface area contributed by atoms with Crippen molar-refractivity contribution < 1.29 is 9.53 Å². The van der Waals surface area contributed by atoms with Gasteiger partial charge in [0.25, 0.3) is 0 Å². The van der Waals surface area contributed by atoms with Crippen molar-refractivity contribution in [3.63, 3.8) is 0 Å². The lowest BCUT2D eigenvalue weighted by molar-refractivity contribution is -0.136. The molecule has 0 N–H and O–H groups in total. The van der Waals surface area contributed by atoms with Gasteiger partial charge in [-0.3, -0.25) is 9.78 Å². The number of amides is 1. The highest BCUT2D eigenvalue weighted by Crippen LogP contribution is 2.26. The molecule has 1 aliphatic rings. The third kappa shape index (κ3) is 3.17. The molecule has 22 heavy (non-hydrogen) atoms. The number of benzene rings is 1. The van der Waals surface area contributed by atoms with Gasteiger partial charge >= 0.3 is 0 Å². The number of nitrogens with zero attached hydrogens (tertiary/aromatic N) is 2. The zero-order valence-corrected chi connectivity index (χ0v) is 12.7. The van der Waals surface area contributed by atoms with Crippen LogP contribution in [0.25, 0.3) is 0 Å². The minimum absolute atomic E-state index is 0.103. The van der Waals surface area contributed by atoms with Crippen LogP contribution in [0.4, 0.5) is 0 Å². The van der Waals surface area contributed by atoms with E-state index in [2.05, 4.69) is 4.98 Å². The summed E-state index contributed by atoms with van der Waals surface area (Å²) in [6, 6.07) is 13.8. The van der Waals surface area contributed by atoms with Crippen molar-refractivity contribution in [2.45, 2.75) is 12.8 Å². The monoisotopic (exact) mass is 296 g/mol. The van der Waals surface area contributed by atoms with Gasteiger partial charge in [0, 0.05) is 19.3 Å². The Kier molecular flexibility index (Phi) is 4.49. The van der Waals surface area contributed by atoms with Gasteiger partial charge in [0.15, 0.2) is 0 Å². The van der Waals surface area contributed by atoms with Gasteiger partial charge in [-0.25, -0.2) is 0 Å². The lowest BCUT2D eigenvalue weighted by atomic mass is 9.92. The number of pyridine rings is 1. The summed E-state index contributed by atoms with van der Waals surface area (Å²) in [4.78, 5) is 19.3. The average Bonchev–Trinajstić information content (AvgIpc) is 2.58. The number of morpholine rings is 1. The fourth-order valence-electron chi connectivity index (χ4n) is 2.71. The Morgan fingerprint density at radius 3 is 2.50 bits per heavy atom. The maximum atomic E-state index is 13.0. The molecular formula is C18H20N2O2. The summed E-state index contributed by atoms with van der Waals surface area (Å²) in [5, 5.41) is 0. The topological polar surface area (TPSA) is 42.4 Å². The number of hydrogen-bond donors (Lipinski definition) is 0. The van der Waals surface area contributed by atoms with Crippen LogP contribution in [0, 0.1) is 6.92 Å². The lowest BCUT2D eigenvalue weighted by Gasteiger charge is -2.30. The third-order valence-corrected chi connectivity index (χ3v) is 3.96. The van der Waals surface area contributed by atoms with E-state index in [1.807, 2.05) is 54.3 Å². The van der Waals surface area contributed by atoms with Crippen LogP contribution in [0.15, 0.2) is 48.7 Å². The molecule has 3 rings (SSSR count). The van der Waals surface area contributed by atoms with Crippen LogP contribution in [-0.4, -0.2) is 42.1 Å². The Morgan fingerprint density at radius 1 is 1.14 bits per heavy atom. The first-order valence-electron chi connectivity index (χ1n) is 7.60. The number of carbonyl (C=O) groups is 1. The molecule has 4 nitrogen and oxygen atoms in total. The quantitative estimate of drug-likeness (QED) is 0.873. The number of aromatic nitrogens is 1. The molecule has 0 aliphatic carbocycles. The number of carbonyl (C=O) groups excluding carboxylic acids is 1. The van der Waals surface area contributed by atoms with E-state index in [1.165, 1.54) is 5.56 Å². The van der Waals surface area contributed by atoms with Gasteiger partial charge in [-0.2, -0.15) is 0 Å². The SMILES string of the molecule is Cc1ccc(C(C(=O)N2CCOCC2)c2ccccn2)cc1. The second-order valence-electron chi connectivity index (χ2n) is 5.54. The largest absolute Gasteiger partial charge is 0.378 e. The average molecular weight is 296 g/mol. The molecule has 1 unspecified atom stereocenters. The molecule has 0 saturated carbocycles. The molecule has 1 amide bonds. The van der Waals surface area contributed by atoms with E-state index < -0.39 is 0 Å². The van der Waals surface area contributed by atoms with Crippen molar-refractivity contribution in [1.82, 2.24) is 9.88 Å². The summed E-state index contributed by atoms with van der Waals surface area (Å²) in [7, 11) is 0.